The Morgan fingerprint density at radius 3 is 2.80 bits per heavy atom. The molecule has 3 nitrogen and oxygen atoms in total. The summed E-state index contributed by atoms with van der Waals surface area (Å²) in [6.07, 6.45) is 2.79. The Kier molecular flexibility index (Phi) is 4.19. The highest BCUT2D eigenvalue weighted by atomic mass is 19.1. The molecule has 1 rings (SSSR count). The molecule has 15 heavy (non-hydrogen) atoms. The molecule has 4 heteroatoms. The number of halogens is 1. The van der Waals surface area contributed by atoms with E-state index < -0.39 is 0 Å². The Morgan fingerprint density at radius 2 is 2.27 bits per heavy atom. The predicted octanol–water partition coefficient (Wildman–Crippen LogP) is 1.95. The van der Waals surface area contributed by atoms with Crippen LogP contribution in [0.5, 0.6) is 0 Å². The van der Waals surface area contributed by atoms with Crippen molar-refractivity contribution in [3.05, 3.63) is 29.8 Å². The van der Waals surface area contributed by atoms with Crippen molar-refractivity contribution in [3.8, 4) is 6.07 Å². The fourth-order valence-corrected chi connectivity index (χ4v) is 1.29. The van der Waals surface area contributed by atoms with E-state index in [0.29, 0.717) is 13.1 Å². The number of pyridine rings is 1. The number of nitrogens with zero attached hydrogens (tertiary/aromatic N) is 3. The van der Waals surface area contributed by atoms with Crippen LogP contribution in [0.25, 0.3) is 0 Å². The third kappa shape index (κ3) is 3.64. The third-order valence-corrected chi connectivity index (χ3v) is 2.15. The van der Waals surface area contributed by atoms with Gasteiger partial charge in [0.1, 0.15) is 5.82 Å². The van der Waals surface area contributed by atoms with Crippen LogP contribution in [0.1, 0.15) is 19.4 Å². The van der Waals surface area contributed by atoms with E-state index in [2.05, 4.69) is 11.1 Å². The first-order valence-electron chi connectivity index (χ1n) is 4.84. The first kappa shape index (κ1) is 11.6. The minimum atomic E-state index is -0.340. The van der Waals surface area contributed by atoms with Gasteiger partial charge in [0.05, 0.1) is 18.8 Å². The van der Waals surface area contributed by atoms with Gasteiger partial charge in [0.25, 0.3) is 0 Å². The van der Waals surface area contributed by atoms with E-state index in [9.17, 15) is 4.39 Å². The van der Waals surface area contributed by atoms with Gasteiger partial charge in [0.2, 0.25) is 0 Å². The lowest BCUT2D eigenvalue weighted by atomic mass is 10.2. The maximum absolute atomic E-state index is 12.9. The fraction of sp³-hybridized carbons (Fsp3) is 0.455. The number of nitriles is 1. The van der Waals surface area contributed by atoms with E-state index >= 15 is 0 Å². The minimum Gasteiger partial charge on any atom is -0.284 e. The normalized spacial score (nSPS) is 10.7. The van der Waals surface area contributed by atoms with Crippen LogP contribution in [0.3, 0.4) is 0 Å². The molecular weight excluding hydrogens is 193 g/mol. The molecule has 1 aromatic heterocycles. The molecule has 1 aromatic rings. The van der Waals surface area contributed by atoms with Crippen molar-refractivity contribution >= 4 is 0 Å². The molecule has 0 aliphatic carbocycles. The molecule has 0 bridgehead atoms. The monoisotopic (exact) mass is 207 g/mol. The largest absolute Gasteiger partial charge is 0.284 e. The van der Waals surface area contributed by atoms with Crippen molar-refractivity contribution in [3.63, 3.8) is 0 Å². The number of hydrogen-bond acceptors (Lipinski definition) is 3. The first-order valence-corrected chi connectivity index (χ1v) is 4.84. The minimum absolute atomic E-state index is 0.257. The molecule has 80 valence electrons. The Hall–Kier alpha value is -1.47. The lowest BCUT2D eigenvalue weighted by Crippen LogP contribution is -2.30. The zero-order chi connectivity index (χ0) is 11.3. The Balaban J connectivity index is 2.70. The van der Waals surface area contributed by atoms with E-state index in [1.165, 1.54) is 12.3 Å². The van der Waals surface area contributed by atoms with E-state index in [0.717, 1.165) is 5.56 Å². The second-order valence-corrected chi connectivity index (χ2v) is 3.67. The van der Waals surface area contributed by atoms with Gasteiger partial charge in [-0.2, -0.15) is 5.26 Å². The highest BCUT2D eigenvalue weighted by molar-refractivity contribution is 5.10. The molecule has 0 spiro atoms. The summed E-state index contributed by atoms with van der Waals surface area (Å²) >= 11 is 0. The SMILES string of the molecule is CC(C)N(CC#N)Cc1cncc(F)c1. The summed E-state index contributed by atoms with van der Waals surface area (Å²) < 4.78 is 12.9. The van der Waals surface area contributed by atoms with Crippen LogP contribution in [-0.2, 0) is 6.54 Å². The maximum Gasteiger partial charge on any atom is 0.141 e. The van der Waals surface area contributed by atoms with Crippen LogP contribution in [0.2, 0.25) is 0 Å². The number of hydrogen-bond donors (Lipinski definition) is 0. The van der Waals surface area contributed by atoms with Crippen LogP contribution in [0, 0.1) is 17.1 Å². The van der Waals surface area contributed by atoms with Gasteiger partial charge < -0.3 is 0 Å². The van der Waals surface area contributed by atoms with Crippen molar-refractivity contribution in [1.29, 1.82) is 5.26 Å². The van der Waals surface area contributed by atoms with E-state index in [1.807, 2.05) is 18.7 Å². The second-order valence-electron chi connectivity index (χ2n) is 3.67. The van der Waals surface area contributed by atoms with Gasteiger partial charge in [-0.1, -0.05) is 0 Å². The van der Waals surface area contributed by atoms with Crippen LogP contribution in [-0.4, -0.2) is 22.5 Å². The van der Waals surface area contributed by atoms with Gasteiger partial charge in [-0.3, -0.25) is 9.88 Å². The summed E-state index contributed by atoms with van der Waals surface area (Å²) in [6.45, 7) is 4.90. The van der Waals surface area contributed by atoms with Gasteiger partial charge in [0, 0.05) is 18.8 Å². The summed E-state index contributed by atoms with van der Waals surface area (Å²) in [5.74, 6) is -0.340. The third-order valence-electron chi connectivity index (χ3n) is 2.15. The van der Waals surface area contributed by atoms with Crippen LogP contribution in [0.4, 0.5) is 4.39 Å². The molecule has 0 atom stereocenters. The number of aromatic nitrogens is 1. The quantitative estimate of drug-likeness (QED) is 0.708. The molecule has 0 aliphatic heterocycles. The zero-order valence-corrected chi connectivity index (χ0v) is 8.94. The molecule has 0 saturated carbocycles. The standard InChI is InChI=1S/C11H14FN3/c1-9(2)15(4-3-13)8-10-5-11(12)7-14-6-10/h5-7,9H,4,8H2,1-2H3. The summed E-state index contributed by atoms with van der Waals surface area (Å²) in [4.78, 5) is 5.73. The molecule has 0 radical (unpaired) electrons. The van der Waals surface area contributed by atoms with Gasteiger partial charge in [0.15, 0.2) is 0 Å². The average molecular weight is 207 g/mol. The molecule has 0 saturated heterocycles. The first-order chi connectivity index (χ1) is 7.13. The lowest BCUT2D eigenvalue weighted by molar-refractivity contribution is 0.239. The van der Waals surface area contributed by atoms with Gasteiger partial charge >= 0.3 is 0 Å². The van der Waals surface area contributed by atoms with Crippen molar-refractivity contribution in [2.45, 2.75) is 26.4 Å². The van der Waals surface area contributed by atoms with E-state index in [4.69, 9.17) is 5.26 Å². The van der Waals surface area contributed by atoms with Crippen LogP contribution in [0.15, 0.2) is 18.5 Å². The van der Waals surface area contributed by atoms with Gasteiger partial charge in [-0.25, -0.2) is 4.39 Å². The topological polar surface area (TPSA) is 39.9 Å². The van der Waals surface area contributed by atoms with Crippen LogP contribution >= 0.6 is 0 Å². The van der Waals surface area contributed by atoms with Crippen molar-refractivity contribution in [2.75, 3.05) is 6.54 Å². The molecule has 0 fully saturated rings. The molecule has 0 unspecified atom stereocenters. The average Bonchev–Trinajstić information content (AvgIpc) is 2.17. The van der Waals surface area contributed by atoms with E-state index in [1.54, 1.807) is 6.20 Å². The summed E-state index contributed by atoms with van der Waals surface area (Å²) in [7, 11) is 0. The smallest absolute Gasteiger partial charge is 0.141 e. The lowest BCUT2D eigenvalue weighted by Gasteiger charge is -2.23. The molecule has 0 N–H and O–H groups in total. The highest BCUT2D eigenvalue weighted by Gasteiger charge is 2.09. The summed E-state index contributed by atoms with van der Waals surface area (Å²) in [5, 5.41) is 8.64. The van der Waals surface area contributed by atoms with E-state index in [-0.39, 0.29) is 11.9 Å². The molecule has 0 aliphatic rings. The maximum atomic E-state index is 12.9. The summed E-state index contributed by atoms with van der Waals surface area (Å²) in [5.41, 5.74) is 0.791. The highest BCUT2D eigenvalue weighted by Crippen LogP contribution is 2.07. The predicted molar refractivity (Wildman–Crippen MR) is 55.4 cm³/mol. The Bertz CT molecular complexity index is 357. The molecule has 1 heterocycles. The van der Waals surface area contributed by atoms with Gasteiger partial charge in [-0.05, 0) is 25.5 Å². The Morgan fingerprint density at radius 1 is 1.53 bits per heavy atom. The number of rotatable bonds is 4. The molecule has 0 amide bonds. The molecule has 0 aromatic carbocycles. The fourth-order valence-electron chi connectivity index (χ4n) is 1.29. The summed E-state index contributed by atoms with van der Waals surface area (Å²) in [6, 6.07) is 3.80. The van der Waals surface area contributed by atoms with Crippen LogP contribution < -0.4 is 0 Å². The zero-order valence-electron chi connectivity index (χ0n) is 8.94. The van der Waals surface area contributed by atoms with Crippen molar-refractivity contribution in [2.24, 2.45) is 0 Å². The molecular formula is C11H14FN3. The van der Waals surface area contributed by atoms with Crippen molar-refractivity contribution < 1.29 is 4.39 Å². The second kappa shape index (κ2) is 5.42. The van der Waals surface area contributed by atoms with Gasteiger partial charge in [-0.15, -0.1) is 0 Å². The van der Waals surface area contributed by atoms with Crippen molar-refractivity contribution in [1.82, 2.24) is 9.88 Å². The Labute approximate surface area is 89.2 Å².